The van der Waals surface area contributed by atoms with Crippen molar-refractivity contribution in [2.24, 2.45) is 5.92 Å². The Kier molecular flexibility index (Phi) is 7.68. The van der Waals surface area contributed by atoms with Crippen molar-refractivity contribution in [2.45, 2.75) is 83.8 Å². The highest BCUT2D eigenvalue weighted by Crippen LogP contribution is 2.28. The predicted octanol–water partition coefficient (Wildman–Crippen LogP) is 3.94. The highest BCUT2D eigenvalue weighted by Gasteiger charge is 2.21. The molecule has 0 bridgehead atoms. The maximum Gasteiger partial charge on any atom is 0.407 e. The summed E-state index contributed by atoms with van der Waals surface area (Å²) in [7, 11) is 0. The van der Waals surface area contributed by atoms with Crippen molar-refractivity contribution in [2.75, 3.05) is 6.54 Å². The van der Waals surface area contributed by atoms with Gasteiger partial charge in [-0.25, -0.2) is 9.78 Å². The molecular weight excluding hydrogens is 346 g/mol. The molecule has 0 saturated heterocycles. The van der Waals surface area contributed by atoms with E-state index in [0.717, 1.165) is 5.69 Å². The SMILES string of the molecule is CC(C)(C)OC(=O)NCCCC(Cc1cn(C2CCCCC2)cn1)C(=O)O. The zero-order chi connectivity index (χ0) is 19.9. The van der Waals surface area contributed by atoms with Crippen LogP contribution < -0.4 is 5.32 Å². The molecule has 0 aliphatic heterocycles. The zero-order valence-corrected chi connectivity index (χ0v) is 16.7. The number of aliphatic carboxylic acids is 1. The van der Waals surface area contributed by atoms with E-state index in [1.54, 1.807) is 20.8 Å². The van der Waals surface area contributed by atoms with Gasteiger partial charge in [-0.2, -0.15) is 0 Å². The first-order valence-corrected chi connectivity index (χ1v) is 9.96. The number of hydrogen-bond acceptors (Lipinski definition) is 4. The molecule has 1 atom stereocenters. The molecule has 2 N–H and O–H groups in total. The first-order chi connectivity index (χ1) is 12.7. The molecule has 1 fully saturated rings. The standard InChI is InChI=1S/C20H33N3O4/c1-20(2,3)27-19(26)21-11-7-8-15(18(24)25)12-16-13-23(14-22-16)17-9-5-4-6-10-17/h13-15,17H,4-12H2,1-3H3,(H,21,26)(H,24,25). The number of ether oxygens (including phenoxy) is 1. The van der Waals surface area contributed by atoms with Crippen LogP contribution in [-0.4, -0.2) is 38.9 Å². The van der Waals surface area contributed by atoms with Gasteiger partial charge in [0.15, 0.2) is 0 Å². The first kappa shape index (κ1) is 21.3. The van der Waals surface area contributed by atoms with Crippen molar-refractivity contribution in [3.8, 4) is 0 Å². The number of carboxylic acid groups (broad SMARTS) is 1. The molecule has 7 nitrogen and oxygen atoms in total. The minimum Gasteiger partial charge on any atom is -0.481 e. The Labute approximate surface area is 161 Å². The van der Waals surface area contributed by atoms with E-state index in [1.807, 2.05) is 12.5 Å². The Balaban J connectivity index is 1.77. The second kappa shape index (κ2) is 9.76. The van der Waals surface area contributed by atoms with Crippen LogP contribution in [0, 0.1) is 5.92 Å². The summed E-state index contributed by atoms with van der Waals surface area (Å²) in [6.45, 7) is 5.81. The Bertz CT molecular complexity index is 615. The highest BCUT2D eigenvalue weighted by molar-refractivity contribution is 5.70. The smallest absolute Gasteiger partial charge is 0.407 e. The van der Waals surface area contributed by atoms with E-state index in [2.05, 4.69) is 14.9 Å². The van der Waals surface area contributed by atoms with E-state index < -0.39 is 23.6 Å². The Morgan fingerprint density at radius 3 is 2.67 bits per heavy atom. The third-order valence-electron chi connectivity index (χ3n) is 4.85. The predicted molar refractivity (Wildman–Crippen MR) is 103 cm³/mol. The molecule has 1 unspecified atom stereocenters. The molecule has 1 amide bonds. The van der Waals surface area contributed by atoms with Gasteiger partial charge in [0, 0.05) is 25.2 Å². The van der Waals surface area contributed by atoms with Crippen molar-refractivity contribution in [1.82, 2.24) is 14.9 Å². The largest absolute Gasteiger partial charge is 0.481 e. The van der Waals surface area contributed by atoms with E-state index in [1.165, 1.54) is 32.1 Å². The fourth-order valence-corrected chi connectivity index (χ4v) is 3.48. The number of carboxylic acids is 1. The molecule has 1 aromatic rings. The second-order valence-corrected chi connectivity index (χ2v) is 8.41. The molecule has 1 heterocycles. The van der Waals surface area contributed by atoms with Crippen LogP contribution in [0.5, 0.6) is 0 Å². The van der Waals surface area contributed by atoms with Crippen molar-refractivity contribution >= 4 is 12.1 Å². The van der Waals surface area contributed by atoms with Crippen molar-refractivity contribution in [3.63, 3.8) is 0 Å². The number of carbonyl (C=O) groups is 2. The first-order valence-electron chi connectivity index (χ1n) is 9.96. The van der Waals surface area contributed by atoms with Crippen LogP contribution in [0.4, 0.5) is 4.79 Å². The fraction of sp³-hybridized carbons (Fsp3) is 0.750. The Morgan fingerprint density at radius 1 is 1.33 bits per heavy atom. The summed E-state index contributed by atoms with van der Waals surface area (Å²) in [6, 6.07) is 0.501. The van der Waals surface area contributed by atoms with Gasteiger partial charge in [-0.05, 0) is 46.5 Å². The molecule has 1 aliphatic rings. The van der Waals surface area contributed by atoms with Crippen LogP contribution in [0.3, 0.4) is 0 Å². The molecule has 2 rings (SSSR count). The summed E-state index contributed by atoms with van der Waals surface area (Å²) in [4.78, 5) is 27.6. The number of amides is 1. The van der Waals surface area contributed by atoms with E-state index in [4.69, 9.17) is 4.74 Å². The van der Waals surface area contributed by atoms with Crippen LogP contribution in [0.15, 0.2) is 12.5 Å². The van der Waals surface area contributed by atoms with Crippen LogP contribution in [-0.2, 0) is 16.0 Å². The lowest BCUT2D eigenvalue weighted by Crippen LogP contribution is -2.33. The van der Waals surface area contributed by atoms with Crippen LogP contribution >= 0.6 is 0 Å². The zero-order valence-electron chi connectivity index (χ0n) is 16.7. The average molecular weight is 380 g/mol. The highest BCUT2D eigenvalue weighted by atomic mass is 16.6. The molecule has 1 aliphatic carbocycles. The molecule has 1 aromatic heterocycles. The van der Waals surface area contributed by atoms with E-state index in [9.17, 15) is 14.7 Å². The molecular formula is C20H33N3O4. The topological polar surface area (TPSA) is 93.5 Å². The monoisotopic (exact) mass is 379 g/mol. The lowest BCUT2D eigenvalue weighted by atomic mass is 9.95. The van der Waals surface area contributed by atoms with Crippen LogP contribution in [0.2, 0.25) is 0 Å². The fourth-order valence-electron chi connectivity index (χ4n) is 3.48. The van der Waals surface area contributed by atoms with Crippen molar-refractivity contribution in [3.05, 3.63) is 18.2 Å². The van der Waals surface area contributed by atoms with Gasteiger partial charge in [0.2, 0.25) is 0 Å². The van der Waals surface area contributed by atoms with Crippen molar-refractivity contribution in [1.29, 1.82) is 0 Å². The molecule has 27 heavy (non-hydrogen) atoms. The number of rotatable bonds is 8. The summed E-state index contributed by atoms with van der Waals surface area (Å²) < 4.78 is 7.32. The number of hydrogen-bond donors (Lipinski definition) is 2. The summed E-state index contributed by atoms with van der Waals surface area (Å²) in [6.07, 6.45) is 11.0. The summed E-state index contributed by atoms with van der Waals surface area (Å²) >= 11 is 0. The van der Waals surface area contributed by atoms with Gasteiger partial charge in [-0.3, -0.25) is 4.79 Å². The summed E-state index contributed by atoms with van der Waals surface area (Å²) in [5.74, 6) is -1.32. The minimum atomic E-state index is -0.820. The lowest BCUT2D eigenvalue weighted by Gasteiger charge is -2.22. The van der Waals surface area contributed by atoms with Crippen molar-refractivity contribution < 1.29 is 19.4 Å². The molecule has 152 valence electrons. The molecule has 0 spiro atoms. The van der Waals surface area contributed by atoms with Gasteiger partial charge in [0.05, 0.1) is 17.9 Å². The second-order valence-electron chi connectivity index (χ2n) is 8.41. The van der Waals surface area contributed by atoms with E-state index in [0.29, 0.717) is 31.8 Å². The number of aromatic nitrogens is 2. The van der Waals surface area contributed by atoms with Gasteiger partial charge in [-0.15, -0.1) is 0 Å². The van der Waals surface area contributed by atoms with Gasteiger partial charge >= 0.3 is 12.1 Å². The molecule has 0 aromatic carbocycles. The Morgan fingerprint density at radius 2 is 2.04 bits per heavy atom. The van der Waals surface area contributed by atoms with E-state index >= 15 is 0 Å². The van der Waals surface area contributed by atoms with Crippen LogP contribution in [0.1, 0.15) is 77.5 Å². The third-order valence-corrected chi connectivity index (χ3v) is 4.85. The number of nitrogens with one attached hydrogen (secondary N) is 1. The van der Waals surface area contributed by atoms with Gasteiger partial charge in [-0.1, -0.05) is 19.3 Å². The molecule has 0 radical (unpaired) electrons. The number of carbonyl (C=O) groups excluding carboxylic acids is 1. The number of imidazole rings is 1. The lowest BCUT2D eigenvalue weighted by molar-refractivity contribution is -0.142. The molecule has 7 heteroatoms. The Hall–Kier alpha value is -2.05. The third kappa shape index (κ3) is 7.61. The van der Waals surface area contributed by atoms with Crippen LogP contribution in [0.25, 0.3) is 0 Å². The molecule has 1 saturated carbocycles. The maximum absolute atomic E-state index is 11.6. The van der Waals surface area contributed by atoms with Gasteiger partial charge < -0.3 is 19.7 Å². The normalized spacial score (nSPS) is 16.7. The van der Waals surface area contributed by atoms with Gasteiger partial charge in [0.1, 0.15) is 5.60 Å². The van der Waals surface area contributed by atoms with E-state index in [-0.39, 0.29) is 0 Å². The summed E-state index contributed by atoms with van der Waals surface area (Å²) in [5, 5.41) is 12.2. The maximum atomic E-state index is 11.6. The number of alkyl carbamates (subject to hydrolysis) is 1. The summed E-state index contributed by atoms with van der Waals surface area (Å²) in [5.41, 5.74) is 0.290. The number of nitrogens with zero attached hydrogens (tertiary/aromatic N) is 2. The minimum absolute atomic E-state index is 0.398. The average Bonchev–Trinajstić information content (AvgIpc) is 3.05. The quantitative estimate of drug-likeness (QED) is 0.667. The van der Waals surface area contributed by atoms with Gasteiger partial charge in [0.25, 0.3) is 0 Å².